The Morgan fingerprint density at radius 2 is 1.60 bits per heavy atom. The van der Waals surface area contributed by atoms with Gasteiger partial charge in [-0.1, -0.05) is 0 Å². The van der Waals surface area contributed by atoms with E-state index in [2.05, 4.69) is 4.74 Å². The van der Waals surface area contributed by atoms with Gasteiger partial charge in [-0.2, -0.15) is 26.3 Å². The van der Waals surface area contributed by atoms with Gasteiger partial charge in [0.2, 0.25) is 0 Å². The minimum Gasteiger partial charge on any atom is -0.454 e. The minimum absolute atomic E-state index is 0.254. The number of morpholine rings is 1. The van der Waals surface area contributed by atoms with Gasteiger partial charge in [-0.15, -0.1) is 0 Å². The molecule has 1 heterocycles. The summed E-state index contributed by atoms with van der Waals surface area (Å²) in [4.78, 5) is 12.4. The van der Waals surface area contributed by atoms with Crippen LogP contribution in [0.15, 0.2) is 0 Å². The van der Waals surface area contributed by atoms with Crippen LogP contribution in [0.5, 0.6) is 0 Å². The molecule has 0 aromatic heterocycles. The maximum Gasteiger partial charge on any atom is 0.490 e. The zero-order chi connectivity index (χ0) is 19.3. The fraction of sp³-hybridized carbons (Fsp3) is 0.923. The number of halogens is 8. The number of nitrogens with zero attached hydrogens (tertiary/aromatic N) is 1. The molecule has 0 aromatic carbocycles. The Kier molecular flexibility index (Phi) is 7.41. The molecule has 0 bridgehead atoms. The Bertz CT molecular complexity index is 432. The van der Waals surface area contributed by atoms with Gasteiger partial charge >= 0.3 is 18.3 Å². The van der Waals surface area contributed by atoms with Crippen molar-refractivity contribution in [2.24, 2.45) is 0 Å². The average molecular weight is 387 g/mol. The highest BCUT2D eigenvalue weighted by Gasteiger charge is 2.45. The smallest absolute Gasteiger partial charge is 0.454 e. The zero-order valence-corrected chi connectivity index (χ0v) is 12.9. The number of hydrogen-bond acceptors (Lipinski definition) is 4. The molecule has 0 aliphatic carbocycles. The third kappa shape index (κ3) is 9.19. The Labute approximate surface area is 138 Å². The molecule has 1 unspecified atom stereocenters. The van der Waals surface area contributed by atoms with E-state index in [1.54, 1.807) is 0 Å². The van der Waals surface area contributed by atoms with Crippen LogP contribution < -0.4 is 0 Å². The quantitative estimate of drug-likeness (QED) is 0.497. The molecule has 1 saturated heterocycles. The standard InChI is InChI=1S/C13H17F8NO3/c14-11(15,8-12(16,17)18)2-1-9(25-10(23)13(19,20)21)7-22-3-5-24-6-4-22/h9H,1-8H2. The van der Waals surface area contributed by atoms with E-state index in [4.69, 9.17) is 4.74 Å². The first-order valence-corrected chi connectivity index (χ1v) is 7.31. The number of hydrogen-bond donors (Lipinski definition) is 0. The molecule has 1 atom stereocenters. The lowest BCUT2D eigenvalue weighted by Crippen LogP contribution is -2.44. The first kappa shape index (κ1) is 21.9. The van der Waals surface area contributed by atoms with Crippen molar-refractivity contribution in [1.82, 2.24) is 4.90 Å². The summed E-state index contributed by atoms with van der Waals surface area (Å²) >= 11 is 0. The fourth-order valence-electron chi connectivity index (χ4n) is 2.23. The zero-order valence-electron chi connectivity index (χ0n) is 12.9. The Balaban J connectivity index is 2.67. The second-order valence-electron chi connectivity index (χ2n) is 5.62. The molecule has 0 amide bonds. The van der Waals surface area contributed by atoms with Crippen molar-refractivity contribution < 1.29 is 49.4 Å². The average Bonchev–Trinajstić information content (AvgIpc) is 2.42. The molecule has 4 nitrogen and oxygen atoms in total. The summed E-state index contributed by atoms with van der Waals surface area (Å²) in [6, 6.07) is 0. The molecule has 25 heavy (non-hydrogen) atoms. The van der Waals surface area contributed by atoms with E-state index in [0.29, 0.717) is 0 Å². The predicted molar refractivity (Wildman–Crippen MR) is 68.0 cm³/mol. The lowest BCUT2D eigenvalue weighted by molar-refractivity contribution is -0.209. The lowest BCUT2D eigenvalue weighted by atomic mass is 10.1. The highest BCUT2D eigenvalue weighted by molar-refractivity contribution is 5.75. The van der Waals surface area contributed by atoms with Crippen molar-refractivity contribution in [2.75, 3.05) is 32.8 Å². The minimum atomic E-state index is -5.32. The van der Waals surface area contributed by atoms with Gasteiger partial charge in [0, 0.05) is 26.1 Å². The van der Waals surface area contributed by atoms with Gasteiger partial charge in [0.25, 0.3) is 5.92 Å². The van der Waals surface area contributed by atoms with Crippen LogP contribution in [0.2, 0.25) is 0 Å². The van der Waals surface area contributed by atoms with Gasteiger partial charge in [0.05, 0.1) is 13.2 Å². The SMILES string of the molecule is O=C(OC(CCC(F)(F)CC(F)(F)F)CN1CCOCC1)C(F)(F)F. The molecule has 0 radical (unpaired) electrons. The van der Waals surface area contributed by atoms with E-state index < -0.39 is 49.6 Å². The van der Waals surface area contributed by atoms with E-state index in [0.717, 1.165) is 0 Å². The summed E-state index contributed by atoms with van der Waals surface area (Å²) in [5, 5.41) is 0. The van der Waals surface area contributed by atoms with Gasteiger partial charge in [-0.25, -0.2) is 13.6 Å². The largest absolute Gasteiger partial charge is 0.490 e. The van der Waals surface area contributed by atoms with Crippen molar-refractivity contribution >= 4 is 5.97 Å². The Morgan fingerprint density at radius 3 is 2.08 bits per heavy atom. The van der Waals surface area contributed by atoms with E-state index >= 15 is 0 Å². The molecule has 12 heteroatoms. The molecular formula is C13H17F8NO3. The van der Waals surface area contributed by atoms with Crippen LogP contribution in [-0.4, -0.2) is 68.1 Å². The van der Waals surface area contributed by atoms with Crippen molar-refractivity contribution in [3.8, 4) is 0 Å². The van der Waals surface area contributed by atoms with Crippen LogP contribution in [-0.2, 0) is 14.3 Å². The van der Waals surface area contributed by atoms with Gasteiger partial charge in [-0.05, 0) is 6.42 Å². The maximum absolute atomic E-state index is 13.3. The first-order chi connectivity index (χ1) is 11.3. The van der Waals surface area contributed by atoms with Gasteiger partial charge in [-0.3, -0.25) is 4.90 Å². The molecule has 0 aromatic rings. The molecular weight excluding hydrogens is 370 g/mol. The van der Waals surface area contributed by atoms with E-state index in [-0.39, 0.29) is 32.8 Å². The van der Waals surface area contributed by atoms with E-state index in [9.17, 15) is 39.9 Å². The summed E-state index contributed by atoms with van der Waals surface area (Å²) in [5.41, 5.74) is 0. The van der Waals surface area contributed by atoms with Crippen molar-refractivity contribution in [2.45, 2.75) is 43.6 Å². The third-order valence-corrected chi connectivity index (χ3v) is 3.36. The second kappa shape index (κ2) is 8.47. The number of alkyl halides is 8. The predicted octanol–water partition coefficient (Wildman–Crippen LogP) is 3.16. The van der Waals surface area contributed by atoms with Crippen molar-refractivity contribution in [3.05, 3.63) is 0 Å². The second-order valence-corrected chi connectivity index (χ2v) is 5.62. The number of carbonyl (C=O) groups is 1. The van der Waals surface area contributed by atoms with Crippen LogP contribution in [0.4, 0.5) is 35.1 Å². The van der Waals surface area contributed by atoms with Gasteiger partial charge in [0.15, 0.2) is 0 Å². The van der Waals surface area contributed by atoms with Crippen LogP contribution in [0, 0.1) is 0 Å². The number of rotatable bonds is 7. The maximum atomic E-state index is 13.3. The summed E-state index contributed by atoms with van der Waals surface area (Å²) in [7, 11) is 0. The molecule has 1 rings (SSSR count). The van der Waals surface area contributed by atoms with Crippen LogP contribution in [0.25, 0.3) is 0 Å². The Hall–Kier alpha value is -1.17. The number of esters is 1. The third-order valence-electron chi connectivity index (χ3n) is 3.36. The topological polar surface area (TPSA) is 38.8 Å². The van der Waals surface area contributed by atoms with Crippen molar-refractivity contribution in [1.29, 1.82) is 0 Å². The van der Waals surface area contributed by atoms with Crippen LogP contribution in [0.3, 0.4) is 0 Å². The molecule has 0 N–H and O–H groups in total. The highest BCUT2D eigenvalue weighted by atomic mass is 19.4. The molecule has 1 fully saturated rings. The summed E-state index contributed by atoms with van der Waals surface area (Å²) in [6.45, 7) is 0.764. The molecule has 148 valence electrons. The van der Waals surface area contributed by atoms with Crippen LogP contribution in [0.1, 0.15) is 19.3 Å². The molecule has 0 spiro atoms. The van der Waals surface area contributed by atoms with Gasteiger partial charge < -0.3 is 9.47 Å². The van der Waals surface area contributed by atoms with Gasteiger partial charge in [0.1, 0.15) is 12.5 Å². The van der Waals surface area contributed by atoms with E-state index in [1.807, 2.05) is 0 Å². The highest BCUT2D eigenvalue weighted by Crippen LogP contribution is 2.35. The molecule has 1 aliphatic heterocycles. The van der Waals surface area contributed by atoms with E-state index in [1.165, 1.54) is 4.90 Å². The lowest BCUT2D eigenvalue weighted by Gasteiger charge is -2.31. The normalized spacial score (nSPS) is 18.9. The number of carbonyl (C=O) groups excluding carboxylic acids is 1. The monoisotopic (exact) mass is 387 g/mol. The Morgan fingerprint density at radius 1 is 1.04 bits per heavy atom. The summed E-state index contributed by atoms with van der Waals surface area (Å²) < 4.78 is 109. The fourth-order valence-corrected chi connectivity index (χ4v) is 2.23. The summed E-state index contributed by atoms with van der Waals surface area (Å²) in [5.74, 6) is -6.73. The molecule has 0 saturated carbocycles. The summed E-state index contributed by atoms with van der Waals surface area (Å²) in [6.07, 6.45) is -16.6. The molecule has 1 aliphatic rings. The number of ether oxygens (including phenoxy) is 2. The first-order valence-electron chi connectivity index (χ1n) is 7.31. The van der Waals surface area contributed by atoms with Crippen LogP contribution >= 0.6 is 0 Å². The van der Waals surface area contributed by atoms with Crippen molar-refractivity contribution in [3.63, 3.8) is 0 Å².